The van der Waals surface area contributed by atoms with E-state index < -0.39 is 11.6 Å². The van der Waals surface area contributed by atoms with Gasteiger partial charge in [-0.25, -0.2) is 0 Å². The van der Waals surface area contributed by atoms with Gasteiger partial charge in [-0.3, -0.25) is 4.79 Å². The zero-order chi connectivity index (χ0) is 15.3. The first kappa shape index (κ1) is 15.3. The van der Waals surface area contributed by atoms with E-state index in [1.807, 2.05) is 13.8 Å². The molecule has 0 radical (unpaired) electrons. The maximum absolute atomic E-state index is 12.8. The number of nitrogens with two attached hydrogens (primary N) is 1. The van der Waals surface area contributed by atoms with Crippen molar-refractivity contribution in [1.82, 2.24) is 5.32 Å². The number of rotatable bonds is 2. The van der Waals surface area contributed by atoms with Crippen LogP contribution < -0.4 is 11.1 Å². The van der Waals surface area contributed by atoms with Crippen LogP contribution in [0.4, 0.5) is 0 Å². The summed E-state index contributed by atoms with van der Waals surface area (Å²) in [5.41, 5.74) is 5.33. The fourth-order valence-electron chi connectivity index (χ4n) is 4.60. The van der Waals surface area contributed by atoms with Gasteiger partial charge in [0.1, 0.15) is 5.54 Å². The molecule has 3 unspecified atom stereocenters. The van der Waals surface area contributed by atoms with E-state index in [0.29, 0.717) is 0 Å². The minimum absolute atomic E-state index is 0.0817. The summed E-state index contributed by atoms with van der Waals surface area (Å²) < 4.78 is 5.84. The van der Waals surface area contributed by atoms with Crippen molar-refractivity contribution in [3.63, 3.8) is 0 Å². The van der Waals surface area contributed by atoms with Crippen LogP contribution in [0.5, 0.6) is 0 Å². The summed E-state index contributed by atoms with van der Waals surface area (Å²) >= 11 is 0. The van der Waals surface area contributed by atoms with E-state index in [1.165, 1.54) is 0 Å². The SMILES string of the molecule is CC1(C)C2OCCCC2C1(N)C(=O)N[C@H]1CCCC[C@@H]1O. The van der Waals surface area contributed by atoms with E-state index in [1.54, 1.807) is 0 Å². The lowest BCUT2D eigenvalue weighted by Crippen LogP contribution is -2.82. The minimum Gasteiger partial charge on any atom is -0.391 e. The molecule has 1 saturated heterocycles. The highest BCUT2D eigenvalue weighted by Gasteiger charge is 2.70. The first-order valence-electron chi connectivity index (χ1n) is 8.28. The van der Waals surface area contributed by atoms with E-state index in [9.17, 15) is 9.90 Å². The Morgan fingerprint density at radius 3 is 2.67 bits per heavy atom. The Morgan fingerprint density at radius 2 is 1.95 bits per heavy atom. The number of ether oxygens (including phenoxy) is 1. The molecule has 4 N–H and O–H groups in total. The molecule has 2 saturated carbocycles. The molecular weight excluding hydrogens is 268 g/mol. The molecule has 0 aromatic heterocycles. The van der Waals surface area contributed by atoms with Gasteiger partial charge in [0.05, 0.1) is 18.2 Å². The fourth-order valence-corrected chi connectivity index (χ4v) is 4.60. The second-order valence-electron chi connectivity index (χ2n) is 7.56. The Balaban J connectivity index is 1.73. The quantitative estimate of drug-likeness (QED) is 0.708. The van der Waals surface area contributed by atoms with Crippen LogP contribution in [0.15, 0.2) is 0 Å². The highest BCUT2D eigenvalue weighted by molar-refractivity contribution is 5.89. The standard InChI is InChI=1S/C16H28N2O3/c1-15(2)13-10(6-5-9-21-13)16(15,17)14(20)18-11-7-3-4-8-12(11)19/h10-13,19H,3-9,17H2,1-2H3,(H,18,20)/t10?,11-,12-,13?,16?/m0/s1. The Labute approximate surface area is 126 Å². The lowest BCUT2D eigenvalue weighted by molar-refractivity contribution is -0.225. The van der Waals surface area contributed by atoms with Crippen LogP contribution in [0.3, 0.4) is 0 Å². The number of aliphatic hydroxyl groups excluding tert-OH is 1. The average Bonchev–Trinajstić information content (AvgIpc) is 2.48. The molecule has 120 valence electrons. The van der Waals surface area contributed by atoms with E-state index in [4.69, 9.17) is 10.5 Å². The average molecular weight is 296 g/mol. The highest BCUT2D eigenvalue weighted by Crippen LogP contribution is 2.57. The molecule has 1 amide bonds. The summed E-state index contributed by atoms with van der Waals surface area (Å²) in [6, 6.07) is -0.147. The molecule has 21 heavy (non-hydrogen) atoms. The van der Waals surface area contributed by atoms with Crippen LogP contribution in [0.2, 0.25) is 0 Å². The number of nitrogens with one attached hydrogen (secondary N) is 1. The second kappa shape index (κ2) is 5.21. The second-order valence-corrected chi connectivity index (χ2v) is 7.56. The first-order valence-corrected chi connectivity index (χ1v) is 8.28. The van der Waals surface area contributed by atoms with E-state index >= 15 is 0 Å². The van der Waals surface area contributed by atoms with Gasteiger partial charge in [-0.1, -0.05) is 26.7 Å². The van der Waals surface area contributed by atoms with E-state index in [2.05, 4.69) is 5.32 Å². The molecule has 1 aliphatic heterocycles. The Bertz CT molecular complexity index is 426. The third-order valence-electron chi connectivity index (χ3n) is 6.11. The Morgan fingerprint density at radius 1 is 1.24 bits per heavy atom. The topological polar surface area (TPSA) is 84.6 Å². The van der Waals surface area contributed by atoms with Crippen molar-refractivity contribution in [3.8, 4) is 0 Å². The van der Waals surface area contributed by atoms with Crippen molar-refractivity contribution >= 4 is 5.91 Å². The van der Waals surface area contributed by atoms with Crippen molar-refractivity contribution in [1.29, 1.82) is 0 Å². The largest absolute Gasteiger partial charge is 0.391 e. The number of hydrogen-bond acceptors (Lipinski definition) is 4. The summed E-state index contributed by atoms with van der Waals surface area (Å²) in [6.07, 6.45) is 5.26. The van der Waals surface area contributed by atoms with Crippen molar-refractivity contribution < 1.29 is 14.6 Å². The maximum atomic E-state index is 12.8. The van der Waals surface area contributed by atoms with Crippen molar-refractivity contribution in [2.24, 2.45) is 17.1 Å². The molecule has 3 aliphatic rings. The summed E-state index contributed by atoms with van der Waals surface area (Å²) in [4.78, 5) is 12.8. The molecule has 0 bridgehead atoms. The lowest BCUT2D eigenvalue weighted by Gasteiger charge is -2.65. The van der Waals surface area contributed by atoms with Gasteiger partial charge in [-0.2, -0.15) is 0 Å². The highest BCUT2D eigenvalue weighted by atomic mass is 16.5. The molecular formula is C16H28N2O3. The summed E-state index contributed by atoms with van der Waals surface area (Å²) in [7, 11) is 0. The van der Waals surface area contributed by atoms with Gasteiger partial charge in [0.25, 0.3) is 0 Å². The molecule has 3 fully saturated rings. The van der Waals surface area contributed by atoms with Crippen LogP contribution in [-0.2, 0) is 9.53 Å². The van der Waals surface area contributed by atoms with E-state index in [-0.39, 0.29) is 29.4 Å². The predicted octanol–water partition coefficient (Wildman–Crippen LogP) is 0.939. The lowest BCUT2D eigenvalue weighted by atomic mass is 9.46. The van der Waals surface area contributed by atoms with Crippen molar-refractivity contribution in [2.75, 3.05) is 6.61 Å². The van der Waals surface area contributed by atoms with Gasteiger partial charge in [0.15, 0.2) is 0 Å². The molecule has 5 atom stereocenters. The fraction of sp³-hybridized carbons (Fsp3) is 0.938. The van der Waals surface area contributed by atoms with Gasteiger partial charge >= 0.3 is 0 Å². The first-order chi connectivity index (χ1) is 9.89. The monoisotopic (exact) mass is 296 g/mol. The molecule has 2 aliphatic carbocycles. The maximum Gasteiger partial charge on any atom is 0.241 e. The third kappa shape index (κ3) is 2.13. The van der Waals surface area contributed by atoms with Crippen molar-refractivity contribution in [3.05, 3.63) is 0 Å². The predicted molar refractivity (Wildman–Crippen MR) is 79.6 cm³/mol. The normalized spacial score (nSPS) is 45.3. The molecule has 0 aromatic carbocycles. The zero-order valence-corrected chi connectivity index (χ0v) is 13.1. The number of aliphatic hydroxyl groups is 1. The number of fused-ring (bicyclic) bond motifs is 1. The van der Waals surface area contributed by atoms with Gasteiger partial charge < -0.3 is 20.9 Å². The zero-order valence-electron chi connectivity index (χ0n) is 13.1. The van der Waals surface area contributed by atoms with Crippen LogP contribution in [0, 0.1) is 11.3 Å². The van der Waals surface area contributed by atoms with Gasteiger partial charge in [0, 0.05) is 17.9 Å². The molecule has 1 heterocycles. The third-order valence-corrected chi connectivity index (χ3v) is 6.11. The van der Waals surface area contributed by atoms with Crippen LogP contribution in [-0.4, -0.2) is 41.4 Å². The molecule has 0 spiro atoms. The number of hydrogen-bond donors (Lipinski definition) is 3. The number of amides is 1. The molecule has 3 rings (SSSR count). The van der Waals surface area contributed by atoms with E-state index in [0.717, 1.165) is 45.1 Å². The summed E-state index contributed by atoms with van der Waals surface area (Å²) in [6.45, 7) is 4.82. The molecule has 5 nitrogen and oxygen atoms in total. The molecule has 0 aromatic rings. The number of carbonyl (C=O) groups excluding carboxylic acids is 1. The summed E-state index contributed by atoms with van der Waals surface area (Å²) in [5, 5.41) is 13.1. The van der Waals surface area contributed by atoms with Crippen molar-refractivity contribution in [2.45, 2.75) is 76.2 Å². The number of carbonyl (C=O) groups is 1. The molecule has 5 heteroatoms. The summed E-state index contributed by atoms with van der Waals surface area (Å²) in [5.74, 6) is -0.00724. The van der Waals surface area contributed by atoms with Crippen LogP contribution >= 0.6 is 0 Å². The van der Waals surface area contributed by atoms with Crippen LogP contribution in [0.25, 0.3) is 0 Å². The minimum atomic E-state index is -0.880. The van der Waals surface area contributed by atoms with Gasteiger partial charge in [0.2, 0.25) is 5.91 Å². The Kier molecular flexibility index (Phi) is 3.79. The Hall–Kier alpha value is -0.650. The van der Waals surface area contributed by atoms with Gasteiger partial charge in [-0.15, -0.1) is 0 Å². The smallest absolute Gasteiger partial charge is 0.241 e. The van der Waals surface area contributed by atoms with Crippen LogP contribution in [0.1, 0.15) is 52.4 Å². The van der Waals surface area contributed by atoms with Gasteiger partial charge in [-0.05, 0) is 25.7 Å².